The van der Waals surface area contributed by atoms with E-state index >= 15 is 0 Å². The fraction of sp³-hybridized carbons (Fsp3) is 0.364. The summed E-state index contributed by atoms with van der Waals surface area (Å²) in [6.07, 6.45) is 8.70. The minimum atomic E-state index is 0.0316. The van der Waals surface area contributed by atoms with Gasteiger partial charge in [-0.3, -0.25) is 4.79 Å². The SMILES string of the molecule is C=C(/C=C\C=C\N)C(=O)N1CCCC1. The zero-order chi connectivity index (χ0) is 10.4. The monoisotopic (exact) mass is 192 g/mol. The summed E-state index contributed by atoms with van der Waals surface area (Å²) in [4.78, 5) is 13.5. The van der Waals surface area contributed by atoms with E-state index in [4.69, 9.17) is 5.73 Å². The number of rotatable bonds is 3. The Kier molecular flexibility index (Phi) is 3.98. The van der Waals surface area contributed by atoms with Crippen LogP contribution in [0.2, 0.25) is 0 Å². The van der Waals surface area contributed by atoms with Gasteiger partial charge in [-0.05, 0) is 25.1 Å². The van der Waals surface area contributed by atoms with Crippen LogP contribution in [0.25, 0.3) is 0 Å². The van der Waals surface area contributed by atoms with Crippen LogP contribution in [0.3, 0.4) is 0 Å². The molecule has 0 bridgehead atoms. The molecular weight excluding hydrogens is 176 g/mol. The molecule has 1 saturated heterocycles. The minimum Gasteiger partial charge on any atom is -0.405 e. The van der Waals surface area contributed by atoms with Crippen LogP contribution in [0.1, 0.15) is 12.8 Å². The number of hydrogen-bond donors (Lipinski definition) is 1. The van der Waals surface area contributed by atoms with Crippen molar-refractivity contribution in [2.24, 2.45) is 5.73 Å². The van der Waals surface area contributed by atoms with Crippen LogP contribution in [0.5, 0.6) is 0 Å². The van der Waals surface area contributed by atoms with Gasteiger partial charge in [-0.25, -0.2) is 0 Å². The molecule has 0 aromatic heterocycles. The summed E-state index contributed by atoms with van der Waals surface area (Å²) in [6.45, 7) is 5.44. The first-order chi connectivity index (χ1) is 6.75. The molecule has 3 nitrogen and oxygen atoms in total. The van der Waals surface area contributed by atoms with Gasteiger partial charge in [-0.2, -0.15) is 0 Å². The highest BCUT2D eigenvalue weighted by Gasteiger charge is 2.18. The van der Waals surface area contributed by atoms with Crippen LogP contribution in [0, 0.1) is 0 Å². The molecule has 14 heavy (non-hydrogen) atoms. The number of nitrogens with two attached hydrogens (primary N) is 1. The van der Waals surface area contributed by atoms with E-state index in [2.05, 4.69) is 6.58 Å². The number of carbonyl (C=O) groups is 1. The van der Waals surface area contributed by atoms with Crippen LogP contribution in [0.4, 0.5) is 0 Å². The normalized spacial score (nSPS) is 17.0. The Bertz CT molecular complexity index is 273. The quantitative estimate of drug-likeness (QED) is 0.539. The van der Waals surface area contributed by atoms with Crippen molar-refractivity contribution in [3.05, 3.63) is 36.6 Å². The lowest BCUT2D eigenvalue weighted by molar-refractivity contribution is -0.125. The van der Waals surface area contributed by atoms with E-state index in [-0.39, 0.29) is 5.91 Å². The molecule has 1 aliphatic rings. The lowest BCUT2D eigenvalue weighted by atomic mass is 10.2. The van der Waals surface area contributed by atoms with Gasteiger partial charge in [0.05, 0.1) is 0 Å². The van der Waals surface area contributed by atoms with E-state index in [0.717, 1.165) is 25.9 Å². The summed E-state index contributed by atoms with van der Waals surface area (Å²) in [7, 11) is 0. The highest BCUT2D eigenvalue weighted by atomic mass is 16.2. The second-order valence-electron chi connectivity index (χ2n) is 3.27. The fourth-order valence-electron chi connectivity index (χ4n) is 1.43. The molecule has 0 aromatic carbocycles. The Morgan fingerprint density at radius 3 is 2.50 bits per heavy atom. The molecule has 0 saturated carbocycles. The molecule has 0 atom stereocenters. The van der Waals surface area contributed by atoms with Gasteiger partial charge < -0.3 is 10.6 Å². The molecule has 1 fully saturated rings. The van der Waals surface area contributed by atoms with Crippen LogP contribution in [0.15, 0.2) is 36.6 Å². The molecule has 2 N–H and O–H groups in total. The van der Waals surface area contributed by atoms with Crippen LogP contribution < -0.4 is 5.73 Å². The van der Waals surface area contributed by atoms with Gasteiger partial charge in [0.25, 0.3) is 5.91 Å². The van der Waals surface area contributed by atoms with Crippen molar-refractivity contribution in [3.8, 4) is 0 Å². The van der Waals surface area contributed by atoms with Gasteiger partial charge in [-0.15, -0.1) is 0 Å². The van der Waals surface area contributed by atoms with Gasteiger partial charge in [0.15, 0.2) is 0 Å². The van der Waals surface area contributed by atoms with Crippen molar-refractivity contribution in [1.29, 1.82) is 0 Å². The molecule has 0 spiro atoms. The van der Waals surface area contributed by atoms with Crippen molar-refractivity contribution in [1.82, 2.24) is 4.90 Å². The third-order valence-electron chi connectivity index (χ3n) is 2.19. The zero-order valence-electron chi connectivity index (χ0n) is 8.28. The summed E-state index contributed by atoms with van der Waals surface area (Å²) in [5.41, 5.74) is 5.67. The van der Waals surface area contributed by atoms with E-state index < -0.39 is 0 Å². The Balaban J connectivity index is 2.47. The second kappa shape index (κ2) is 5.27. The summed E-state index contributed by atoms with van der Waals surface area (Å²) in [6, 6.07) is 0. The molecule has 0 aliphatic carbocycles. The van der Waals surface area contributed by atoms with Crippen LogP contribution in [-0.2, 0) is 4.79 Å². The first-order valence-electron chi connectivity index (χ1n) is 4.79. The van der Waals surface area contributed by atoms with Crippen molar-refractivity contribution in [2.45, 2.75) is 12.8 Å². The van der Waals surface area contributed by atoms with Gasteiger partial charge >= 0.3 is 0 Å². The Morgan fingerprint density at radius 1 is 1.29 bits per heavy atom. The summed E-state index contributed by atoms with van der Waals surface area (Å²) in [5, 5.41) is 0. The fourth-order valence-corrected chi connectivity index (χ4v) is 1.43. The third kappa shape index (κ3) is 2.76. The van der Waals surface area contributed by atoms with Gasteiger partial charge in [0, 0.05) is 18.7 Å². The standard InChI is InChI=1S/C11H16N2O/c1-10(6-2-3-7-12)11(14)13-8-4-5-9-13/h2-3,6-7H,1,4-5,8-9,12H2/b6-2-,7-3+. The topological polar surface area (TPSA) is 46.3 Å². The molecule has 3 heteroatoms. The Hall–Kier alpha value is -1.51. The highest BCUT2D eigenvalue weighted by Crippen LogP contribution is 2.11. The van der Waals surface area contributed by atoms with Crippen molar-refractivity contribution >= 4 is 5.91 Å². The van der Waals surface area contributed by atoms with Gasteiger partial charge in [0.2, 0.25) is 0 Å². The number of nitrogens with zero attached hydrogens (tertiary/aromatic N) is 1. The number of hydrogen-bond acceptors (Lipinski definition) is 2. The molecule has 0 radical (unpaired) electrons. The number of carbonyl (C=O) groups excluding carboxylic acids is 1. The van der Waals surface area contributed by atoms with Gasteiger partial charge in [-0.1, -0.05) is 18.7 Å². The largest absolute Gasteiger partial charge is 0.405 e. The predicted octanol–water partition coefficient (Wildman–Crippen LogP) is 1.19. The van der Waals surface area contributed by atoms with E-state index in [1.54, 1.807) is 18.2 Å². The molecule has 1 heterocycles. The average Bonchev–Trinajstić information content (AvgIpc) is 2.69. The highest BCUT2D eigenvalue weighted by molar-refractivity contribution is 5.95. The first-order valence-corrected chi connectivity index (χ1v) is 4.79. The smallest absolute Gasteiger partial charge is 0.253 e. The van der Waals surface area contributed by atoms with E-state index in [1.807, 2.05) is 4.90 Å². The van der Waals surface area contributed by atoms with Crippen molar-refractivity contribution in [2.75, 3.05) is 13.1 Å². The van der Waals surface area contributed by atoms with Crippen LogP contribution in [-0.4, -0.2) is 23.9 Å². The summed E-state index contributed by atoms with van der Waals surface area (Å²) in [5.74, 6) is 0.0316. The molecule has 1 aliphatic heterocycles. The van der Waals surface area contributed by atoms with Crippen molar-refractivity contribution in [3.63, 3.8) is 0 Å². The van der Waals surface area contributed by atoms with Gasteiger partial charge in [0.1, 0.15) is 0 Å². The summed E-state index contributed by atoms with van der Waals surface area (Å²) < 4.78 is 0. The number of amides is 1. The Labute approximate surface area is 84.6 Å². The van der Waals surface area contributed by atoms with E-state index in [1.165, 1.54) is 6.20 Å². The summed E-state index contributed by atoms with van der Waals surface area (Å²) >= 11 is 0. The number of allylic oxidation sites excluding steroid dienone is 2. The van der Waals surface area contributed by atoms with E-state index in [0.29, 0.717) is 5.57 Å². The molecular formula is C11H16N2O. The van der Waals surface area contributed by atoms with E-state index in [9.17, 15) is 4.79 Å². The molecule has 0 unspecified atom stereocenters. The lowest BCUT2D eigenvalue weighted by Crippen LogP contribution is -2.28. The molecule has 1 rings (SSSR count). The molecule has 1 amide bonds. The lowest BCUT2D eigenvalue weighted by Gasteiger charge is -2.14. The Morgan fingerprint density at radius 2 is 1.93 bits per heavy atom. The second-order valence-corrected chi connectivity index (χ2v) is 3.27. The maximum Gasteiger partial charge on any atom is 0.253 e. The number of likely N-dealkylation sites (tertiary alicyclic amines) is 1. The van der Waals surface area contributed by atoms with Crippen molar-refractivity contribution < 1.29 is 4.79 Å². The molecule has 76 valence electrons. The maximum atomic E-state index is 11.7. The zero-order valence-corrected chi connectivity index (χ0v) is 8.28. The minimum absolute atomic E-state index is 0.0316. The predicted molar refractivity (Wildman–Crippen MR) is 57.4 cm³/mol. The third-order valence-corrected chi connectivity index (χ3v) is 2.19. The first kappa shape index (κ1) is 10.6. The maximum absolute atomic E-state index is 11.7. The van der Waals surface area contributed by atoms with Crippen LogP contribution >= 0.6 is 0 Å². The molecule has 0 aromatic rings. The average molecular weight is 192 g/mol.